The highest BCUT2D eigenvalue weighted by molar-refractivity contribution is 7.98. The lowest BCUT2D eigenvalue weighted by molar-refractivity contribution is -0.144. The molecule has 0 spiro atoms. The van der Waals surface area contributed by atoms with Crippen molar-refractivity contribution < 1.29 is 14.7 Å². The normalized spacial score (nSPS) is 18.6. The zero-order valence-electron chi connectivity index (χ0n) is 12.4. The third kappa shape index (κ3) is 4.64. The van der Waals surface area contributed by atoms with Gasteiger partial charge in [0.1, 0.15) is 6.04 Å². The summed E-state index contributed by atoms with van der Waals surface area (Å²) in [6.45, 7) is 6.99. The summed E-state index contributed by atoms with van der Waals surface area (Å²) in [6.07, 6.45) is 2.37. The minimum Gasteiger partial charge on any atom is -0.480 e. The van der Waals surface area contributed by atoms with Crippen LogP contribution in [0, 0.1) is 0 Å². The highest BCUT2D eigenvalue weighted by Crippen LogP contribution is 2.16. The molecule has 1 heterocycles. The second kappa shape index (κ2) is 7.85. The SMILES string of the molecule is CSCCC(NC(=O)C(C)(C)N1CCNCC1)C(=O)O. The second-order valence-electron chi connectivity index (χ2n) is 5.44. The molecule has 1 atom stereocenters. The highest BCUT2D eigenvalue weighted by Gasteiger charge is 2.36. The maximum absolute atomic E-state index is 12.4. The molecule has 6 nitrogen and oxygen atoms in total. The van der Waals surface area contributed by atoms with Gasteiger partial charge in [0.05, 0.1) is 5.54 Å². The van der Waals surface area contributed by atoms with E-state index in [1.54, 1.807) is 11.8 Å². The van der Waals surface area contributed by atoms with Crippen LogP contribution in [-0.4, -0.2) is 71.7 Å². The molecular weight excluding hydrogens is 278 g/mol. The fraction of sp³-hybridized carbons (Fsp3) is 0.846. The van der Waals surface area contributed by atoms with E-state index in [1.165, 1.54) is 0 Å². The van der Waals surface area contributed by atoms with Gasteiger partial charge in [0.15, 0.2) is 0 Å². The molecule has 0 aliphatic carbocycles. The highest BCUT2D eigenvalue weighted by atomic mass is 32.2. The summed E-state index contributed by atoms with van der Waals surface area (Å²) in [5, 5.41) is 15.1. The Hall–Kier alpha value is -0.790. The van der Waals surface area contributed by atoms with Gasteiger partial charge in [-0.25, -0.2) is 4.79 Å². The Kier molecular flexibility index (Phi) is 6.78. The van der Waals surface area contributed by atoms with Crippen molar-refractivity contribution in [1.29, 1.82) is 0 Å². The summed E-state index contributed by atoms with van der Waals surface area (Å²) < 4.78 is 0. The van der Waals surface area contributed by atoms with Gasteiger partial charge < -0.3 is 15.7 Å². The minimum absolute atomic E-state index is 0.215. The molecule has 0 bridgehead atoms. The number of carbonyl (C=O) groups excluding carboxylic acids is 1. The van der Waals surface area contributed by atoms with Gasteiger partial charge >= 0.3 is 5.97 Å². The second-order valence-corrected chi connectivity index (χ2v) is 6.43. The van der Waals surface area contributed by atoms with E-state index < -0.39 is 17.6 Å². The Bertz CT molecular complexity index is 344. The first kappa shape index (κ1) is 17.3. The van der Waals surface area contributed by atoms with Crippen LogP contribution in [0.4, 0.5) is 0 Å². The van der Waals surface area contributed by atoms with Crippen LogP contribution in [0.3, 0.4) is 0 Å². The van der Waals surface area contributed by atoms with Gasteiger partial charge in [-0.2, -0.15) is 11.8 Å². The van der Waals surface area contributed by atoms with E-state index >= 15 is 0 Å². The summed E-state index contributed by atoms with van der Waals surface area (Å²) in [7, 11) is 0. The lowest BCUT2D eigenvalue weighted by Crippen LogP contribution is -2.61. The molecule has 1 saturated heterocycles. The average molecular weight is 303 g/mol. The third-order valence-electron chi connectivity index (χ3n) is 3.68. The molecule has 1 unspecified atom stereocenters. The van der Waals surface area contributed by atoms with Crippen LogP contribution in [0.25, 0.3) is 0 Å². The first-order valence-corrected chi connectivity index (χ1v) is 8.27. The lowest BCUT2D eigenvalue weighted by atomic mass is 9.99. The summed E-state index contributed by atoms with van der Waals surface area (Å²) in [5.41, 5.74) is -0.685. The van der Waals surface area contributed by atoms with Gasteiger partial charge in [0, 0.05) is 26.2 Å². The number of carboxylic acid groups (broad SMARTS) is 1. The fourth-order valence-electron chi connectivity index (χ4n) is 2.20. The maximum atomic E-state index is 12.4. The summed E-state index contributed by atoms with van der Waals surface area (Å²) in [5.74, 6) is -0.470. The smallest absolute Gasteiger partial charge is 0.326 e. The number of nitrogens with one attached hydrogen (secondary N) is 2. The van der Waals surface area contributed by atoms with Gasteiger partial charge in [-0.1, -0.05) is 0 Å². The van der Waals surface area contributed by atoms with E-state index in [0.717, 1.165) is 26.2 Å². The molecule has 20 heavy (non-hydrogen) atoms. The van der Waals surface area contributed by atoms with Gasteiger partial charge in [0.2, 0.25) is 5.91 Å². The zero-order chi connectivity index (χ0) is 15.2. The number of piperazine rings is 1. The molecule has 3 N–H and O–H groups in total. The Balaban J connectivity index is 2.63. The largest absolute Gasteiger partial charge is 0.480 e. The molecular formula is C13H25N3O3S. The Morgan fingerprint density at radius 3 is 2.50 bits per heavy atom. The van der Waals surface area contributed by atoms with Gasteiger partial charge in [-0.15, -0.1) is 0 Å². The Labute approximate surface area is 124 Å². The number of aliphatic carboxylic acids is 1. The predicted octanol–water partition coefficient (Wildman–Crippen LogP) is -0.00730. The zero-order valence-corrected chi connectivity index (χ0v) is 13.3. The molecule has 1 fully saturated rings. The molecule has 1 rings (SSSR count). The van der Waals surface area contributed by atoms with Gasteiger partial charge in [-0.05, 0) is 32.3 Å². The number of carbonyl (C=O) groups is 2. The number of amides is 1. The van der Waals surface area contributed by atoms with Crippen molar-refractivity contribution in [1.82, 2.24) is 15.5 Å². The van der Waals surface area contributed by atoms with Crippen molar-refractivity contribution in [3.8, 4) is 0 Å². The van der Waals surface area contributed by atoms with Crippen molar-refractivity contribution in [2.75, 3.05) is 38.2 Å². The molecule has 0 aromatic heterocycles. The first-order chi connectivity index (χ1) is 9.39. The fourth-order valence-corrected chi connectivity index (χ4v) is 2.67. The van der Waals surface area contributed by atoms with Crippen LogP contribution in [0.15, 0.2) is 0 Å². The average Bonchev–Trinajstić information content (AvgIpc) is 2.43. The number of thioether (sulfide) groups is 1. The van der Waals surface area contributed by atoms with E-state index in [4.69, 9.17) is 0 Å². The van der Waals surface area contributed by atoms with Crippen LogP contribution >= 0.6 is 11.8 Å². The molecule has 1 aliphatic heterocycles. The van der Waals surface area contributed by atoms with Gasteiger partial charge in [0.25, 0.3) is 0 Å². The molecule has 7 heteroatoms. The van der Waals surface area contributed by atoms with E-state index in [0.29, 0.717) is 12.2 Å². The van der Waals surface area contributed by atoms with Crippen LogP contribution < -0.4 is 10.6 Å². The lowest BCUT2D eigenvalue weighted by Gasteiger charge is -2.40. The van der Waals surface area contributed by atoms with Crippen molar-refractivity contribution in [3.63, 3.8) is 0 Å². The van der Waals surface area contributed by atoms with Crippen molar-refractivity contribution in [2.24, 2.45) is 0 Å². The number of hydrogen-bond acceptors (Lipinski definition) is 5. The van der Waals surface area contributed by atoms with Gasteiger partial charge in [-0.3, -0.25) is 9.69 Å². The molecule has 1 amide bonds. The van der Waals surface area contributed by atoms with Crippen LogP contribution in [0.2, 0.25) is 0 Å². The molecule has 0 radical (unpaired) electrons. The standard InChI is InChI=1S/C13H25N3O3S/c1-13(2,16-7-5-14-6-8-16)12(19)15-10(11(17)18)4-9-20-3/h10,14H,4-9H2,1-3H3,(H,15,19)(H,17,18). The summed E-state index contributed by atoms with van der Waals surface area (Å²) in [4.78, 5) is 25.7. The Morgan fingerprint density at radius 2 is 2.00 bits per heavy atom. The number of hydrogen-bond donors (Lipinski definition) is 3. The third-order valence-corrected chi connectivity index (χ3v) is 4.32. The molecule has 1 aliphatic rings. The monoisotopic (exact) mass is 303 g/mol. The number of carboxylic acids is 1. The predicted molar refractivity (Wildman–Crippen MR) is 81.1 cm³/mol. The quantitative estimate of drug-likeness (QED) is 0.614. The summed E-state index contributed by atoms with van der Waals surface area (Å²) >= 11 is 1.58. The first-order valence-electron chi connectivity index (χ1n) is 6.88. The van der Waals surface area contributed by atoms with Crippen molar-refractivity contribution in [3.05, 3.63) is 0 Å². The number of nitrogens with zero attached hydrogens (tertiary/aromatic N) is 1. The van der Waals surface area contributed by atoms with E-state index in [1.807, 2.05) is 20.1 Å². The van der Waals surface area contributed by atoms with Crippen LogP contribution in [-0.2, 0) is 9.59 Å². The summed E-state index contributed by atoms with van der Waals surface area (Å²) in [6, 6.07) is -0.808. The molecule has 0 saturated carbocycles. The molecule has 0 aromatic rings. The topological polar surface area (TPSA) is 81.7 Å². The van der Waals surface area contributed by atoms with E-state index in [9.17, 15) is 14.7 Å². The maximum Gasteiger partial charge on any atom is 0.326 e. The minimum atomic E-state index is -0.969. The van der Waals surface area contributed by atoms with Crippen LogP contribution in [0.5, 0.6) is 0 Å². The van der Waals surface area contributed by atoms with Crippen LogP contribution in [0.1, 0.15) is 20.3 Å². The van der Waals surface area contributed by atoms with Crippen molar-refractivity contribution in [2.45, 2.75) is 31.8 Å². The Morgan fingerprint density at radius 1 is 1.40 bits per heavy atom. The van der Waals surface area contributed by atoms with Crippen molar-refractivity contribution >= 4 is 23.6 Å². The molecule has 116 valence electrons. The van der Waals surface area contributed by atoms with E-state index in [2.05, 4.69) is 15.5 Å². The van der Waals surface area contributed by atoms with E-state index in [-0.39, 0.29) is 5.91 Å². The molecule has 0 aromatic carbocycles. The number of rotatable bonds is 7.